The SMILES string of the molecule is COc1ccc(N2CC3C(CO)C3C2=O)cc1. The first-order chi connectivity index (χ1) is 8.26. The molecule has 2 fully saturated rings. The van der Waals surface area contributed by atoms with Gasteiger partial charge >= 0.3 is 0 Å². The van der Waals surface area contributed by atoms with Gasteiger partial charge in [-0.1, -0.05) is 0 Å². The number of hydrogen-bond acceptors (Lipinski definition) is 3. The van der Waals surface area contributed by atoms with Crippen molar-refractivity contribution in [1.82, 2.24) is 0 Å². The molecule has 1 amide bonds. The van der Waals surface area contributed by atoms with E-state index in [9.17, 15) is 4.79 Å². The van der Waals surface area contributed by atoms with E-state index in [2.05, 4.69) is 0 Å². The fourth-order valence-electron chi connectivity index (χ4n) is 2.78. The number of carbonyl (C=O) groups excluding carboxylic acids is 1. The second kappa shape index (κ2) is 3.74. The average molecular weight is 233 g/mol. The number of amides is 1. The Kier molecular flexibility index (Phi) is 2.33. The number of methoxy groups -OCH3 is 1. The Balaban J connectivity index is 1.76. The van der Waals surface area contributed by atoms with Crippen molar-refractivity contribution in [2.24, 2.45) is 17.8 Å². The topological polar surface area (TPSA) is 49.8 Å². The molecular formula is C13H15NO3. The molecule has 3 rings (SSSR count). The minimum absolute atomic E-state index is 0.0575. The van der Waals surface area contributed by atoms with Crippen LogP contribution < -0.4 is 9.64 Å². The lowest BCUT2D eigenvalue weighted by Gasteiger charge is -2.19. The number of aliphatic hydroxyl groups is 1. The summed E-state index contributed by atoms with van der Waals surface area (Å²) in [5.41, 5.74) is 0.916. The highest BCUT2D eigenvalue weighted by Gasteiger charge is 2.61. The number of fused-ring (bicyclic) bond motifs is 1. The van der Waals surface area contributed by atoms with Crippen molar-refractivity contribution in [2.45, 2.75) is 0 Å². The molecule has 4 nitrogen and oxygen atoms in total. The number of carbonyl (C=O) groups is 1. The summed E-state index contributed by atoms with van der Waals surface area (Å²) in [5.74, 6) is 1.56. The van der Waals surface area contributed by atoms with Crippen molar-refractivity contribution in [3.63, 3.8) is 0 Å². The van der Waals surface area contributed by atoms with Gasteiger partial charge in [0.2, 0.25) is 5.91 Å². The summed E-state index contributed by atoms with van der Waals surface area (Å²) < 4.78 is 5.09. The summed E-state index contributed by atoms with van der Waals surface area (Å²) in [6, 6.07) is 7.51. The number of benzene rings is 1. The highest BCUT2D eigenvalue weighted by atomic mass is 16.5. The molecule has 0 spiro atoms. The zero-order valence-corrected chi connectivity index (χ0v) is 9.67. The molecule has 2 aliphatic rings. The maximum absolute atomic E-state index is 12.1. The summed E-state index contributed by atoms with van der Waals surface area (Å²) in [4.78, 5) is 13.9. The first kappa shape index (κ1) is 10.6. The van der Waals surface area contributed by atoms with E-state index >= 15 is 0 Å². The molecule has 3 unspecified atom stereocenters. The second-order valence-corrected chi connectivity index (χ2v) is 4.68. The molecule has 4 heteroatoms. The van der Waals surface area contributed by atoms with Crippen LogP contribution in [0.25, 0.3) is 0 Å². The van der Waals surface area contributed by atoms with E-state index in [1.165, 1.54) is 0 Å². The van der Waals surface area contributed by atoms with Crippen LogP contribution in [0.1, 0.15) is 0 Å². The molecule has 1 heterocycles. The molecule has 0 bridgehead atoms. The Morgan fingerprint density at radius 2 is 2.12 bits per heavy atom. The number of ether oxygens (including phenoxy) is 1. The number of rotatable bonds is 3. The van der Waals surface area contributed by atoms with Gasteiger partial charge in [0.1, 0.15) is 5.75 Å². The monoisotopic (exact) mass is 233 g/mol. The van der Waals surface area contributed by atoms with Gasteiger partial charge in [-0.05, 0) is 36.1 Å². The smallest absolute Gasteiger partial charge is 0.230 e. The summed E-state index contributed by atoms with van der Waals surface area (Å²) in [7, 11) is 1.62. The largest absolute Gasteiger partial charge is 0.497 e. The summed E-state index contributed by atoms with van der Waals surface area (Å²) in [6.45, 7) is 0.874. The third-order valence-corrected chi connectivity index (χ3v) is 3.87. The number of aliphatic hydroxyl groups excluding tert-OH is 1. The number of nitrogens with zero attached hydrogens (tertiary/aromatic N) is 1. The van der Waals surface area contributed by atoms with Crippen LogP contribution in [-0.4, -0.2) is 31.3 Å². The fourth-order valence-corrected chi connectivity index (χ4v) is 2.78. The summed E-state index contributed by atoms with van der Waals surface area (Å²) in [5, 5.41) is 9.07. The number of anilines is 1. The van der Waals surface area contributed by atoms with Gasteiger partial charge in [0.15, 0.2) is 0 Å². The minimum Gasteiger partial charge on any atom is -0.497 e. The van der Waals surface area contributed by atoms with Crippen LogP contribution in [-0.2, 0) is 4.79 Å². The number of hydrogen-bond donors (Lipinski definition) is 1. The Morgan fingerprint density at radius 1 is 1.41 bits per heavy atom. The lowest BCUT2D eigenvalue weighted by atomic mass is 10.2. The van der Waals surface area contributed by atoms with E-state index < -0.39 is 0 Å². The van der Waals surface area contributed by atoms with Crippen LogP contribution in [0.4, 0.5) is 5.69 Å². The van der Waals surface area contributed by atoms with Crippen LogP contribution in [0.5, 0.6) is 5.75 Å². The Hall–Kier alpha value is -1.55. The van der Waals surface area contributed by atoms with E-state index in [-0.39, 0.29) is 24.3 Å². The normalized spacial score (nSPS) is 30.4. The fraction of sp³-hybridized carbons (Fsp3) is 0.462. The third-order valence-electron chi connectivity index (χ3n) is 3.87. The molecule has 1 aromatic carbocycles. The molecular weight excluding hydrogens is 218 g/mol. The van der Waals surface area contributed by atoms with Crippen LogP contribution in [0, 0.1) is 17.8 Å². The van der Waals surface area contributed by atoms with Crippen LogP contribution in [0.15, 0.2) is 24.3 Å². The first-order valence-electron chi connectivity index (χ1n) is 5.82. The van der Waals surface area contributed by atoms with Crippen molar-refractivity contribution in [3.05, 3.63) is 24.3 Å². The standard InChI is InChI=1S/C13H15NO3/c1-17-9-4-2-8(3-5-9)14-6-10-11(7-15)12(10)13(14)16/h2-5,10-12,15H,6-7H2,1H3. The molecule has 1 saturated heterocycles. The zero-order valence-electron chi connectivity index (χ0n) is 9.67. The van der Waals surface area contributed by atoms with Crippen molar-refractivity contribution in [3.8, 4) is 5.75 Å². The maximum atomic E-state index is 12.1. The molecule has 1 aliphatic carbocycles. The predicted molar refractivity (Wildman–Crippen MR) is 62.9 cm³/mol. The number of piperidine rings is 1. The van der Waals surface area contributed by atoms with Gasteiger partial charge < -0.3 is 14.7 Å². The van der Waals surface area contributed by atoms with Gasteiger partial charge in [-0.3, -0.25) is 4.79 Å². The van der Waals surface area contributed by atoms with Crippen molar-refractivity contribution in [2.75, 3.05) is 25.2 Å². The molecule has 1 aromatic rings. The highest BCUT2D eigenvalue weighted by Crippen LogP contribution is 2.53. The van der Waals surface area contributed by atoms with E-state index in [0.717, 1.165) is 18.0 Å². The summed E-state index contributed by atoms with van der Waals surface area (Å²) >= 11 is 0. The maximum Gasteiger partial charge on any atom is 0.230 e. The summed E-state index contributed by atoms with van der Waals surface area (Å²) in [6.07, 6.45) is 0. The molecule has 1 aliphatic heterocycles. The van der Waals surface area contributed by atoms with Crippen LogP contribution >= 0.6 is 0 Å². The van der Waals surface area contributed by atoms with Gasteiger partial charge in [0.25, 0.3) is 0 Å². The van der Waals surface area contributed by atoms with Gasteiger partial charge in [0, 0.05) is 24.8 Å². The van der Waals surface area contributed by atoms with E-state index in [1.807, 2.05) is 24.3 Å². The lowest BCUT2D eigenvalue weighted by Crippen LogP contribution is -2.30. The molecule has 17 heavy (non-hydrogen) atoms. The second-order valence-electron chi connectivity index (χ2n) is 4.68. The van der Waals surface area contributed by atoms with Gasteiger partial charge in [-0.25, -0.2) is 0 Å². The zero-order chi connectivity index (χ0) is 12.0. The molecule has 3 atom stereocenters. The average Bonchev–Trinajstić information content (AvgIpc) is 2.98. The van der Waals surface area contributed by atoms with Crippen LogP contribution in [0.3, 0.4) is 0 Å². The molecule has 0 radical (unpaired) electrons. The minimum atomic E-state index is 0.0575. The van der Waals surface area contributed by atoms with Gasteiger partial charge in [0.05, 0.1) is 7.11 Å². The Morgan fingerprint density at radius 3 is 2.59 bits per heavy atom. The van der Waals surface area contributed by atoms with Crippen LogP contribution in [0.2, 0.25) is 0 Å². The first-order valence-corrected chi connectivity index (χ1v) is 5.82. The van der Waals surface area contributed by atoms with E-state index in [1.54, 1.807) is 12.0 Å². The van der Waals surface area contributed by atoms with Crippen molar-refractivity contribution in [1.29, 1.82) is 0 Å². The van der Waals surface area contributed by atoms with Gasteiger partial charge in [-0.15, -0.1) is 0 Å². The quantitative estimate of drug-likeness (QED) is 0.843. The highest BCUT2D eigenvalue weighted by molar-refractivity contribution is 6.00. The molecule has 1 N–H and O–H groups in total. The molecule has 90 valence electrons. The lowest BCUT2D eigenvalue weighted by molar-refractivity contribution is -0.119. The molecule has 1 saturated carbocycles. The van der Waals surface area contributed by atoms with E-state index in [0.29, 0.717) is 5.92 Å². The van der Waals surface area contributed by atoms with Crippen molar-refractivity contribution >= 4 is 11.6 Å². The Bertz CT molecular complexity index is 442. The third kappa shape index (κ3) is 1.52. The Labute approximate surface area is 99.8 Å². The molecule has 0 aromatic heterocycles. The predicted octanol–water partition coefficient (Wildman–Crippen LogP) is 0.896. The van der Waals surface area contributed by atoms with Crippen molar-refractivity contribution < 1.29 is 14.6 Å². The van der Waals surface area contributed by atoms with Gasteiger partial charge in [-0.2, -0.15) is 0 Å². The van der Waals surface area contributed by atoms with E-state index in [4.69, 9.17) is 9.84 Å².